The third-order valence-corrected chi connectivity index (χ3v) is 6.40. The highest BCUT2D eigenvalue weighted by Crippen LogP contribution is 2.19. The standard InChI is InChI=1S/C27H40N6O2/c1-5-7-9-13-17-28-22(21-16-12-11-15-20(21)3)19-33-23-24(32(4)27(35)31-25(23)34)30-26(33)29-18-14-10-8-6-2/h11-12,15-16H,5-10,13-14,17-19H2,1-4H3,(H,29,30)(H,31,34,35). The number of aryl methyl sites for hydroxylation is 2. The van der Waals surface area contributed by atoms with Gasteiger partial charge >= 0.3 is 5.69 Å². The molecule has 0 unspecified atom stereocenters. The van der Waals surface area contributed by atoms with Gasteiger partial charge in [0.1, 0.15) is 0 Å². The summed E-state index contributed by atoms with van der Waals surface area (Å²) >= 11 is 0. The molecule has 8 heteroatoms. The van der Waals surface area contributed by atoms with Crippen LogP contribution in [0.3, 0.4) is 0 Å². The molecule has 3 rings (SSSR count). The van der Waals surface area contributed by atoms with Crippen LogP contribution in [-0.4, -0.2) is 37.9 Å². The summed E-state index contributed by atoms with van der Waals surface area (Å²) in [6.45, 7) is 8.36. The number of aromatic amines is 1. The fourth-order valence-electron chi connectivity index (χ4n) is 4.29. The Morgan fingerprint density at radius 3 is 2.46 bits per heavy atom. The SMILES string of the molecule is CCCCCCN=C(Cn1c(NCCCCCC)nc2c1c(=O)[nH]c(=O)n2C)c1ccccc1C. The van der Waals surface area contributed by atoms with E-state index in [1.807, 2.05) is 16.7 Å². The summed E-state index contributed by atoms with van der Waals surface area (Å²) in [4.78, 5) is 37.3. The molecule has 0 bridgehead atoms. The molecule has 3 aromatic rings. The molecule has 0 saturated carbocycles. The minimum Gasteiger partial charge on any atom is -0.356 e. The molecule has 190 valence electrons. The Labute approximate surface area is 207 Å². The van der Waals surface area contributed by atoms with E-state index in [2.05, 4.69) is 48.2 Å². The molecule has 0 spiro atoms. The van der Waals surface area contributed by atoms with Crippen LogP contribution < -0.4 is 16.6 Å². The van der Waals surface area contributed by atoms with Crippen LogP contribution in [0, 0.1) is 6.92 Å². The van der Waals surface area contributed by atoms with Gasteiger partial charge in [0.2, 0.25) is 5.95 Å². The minimum atomic E-state index is -0.467. The van der Waals surface area contributed by atoms with Gasteiger partial charge in [-0.2, -0.15) is 4.98 Å². The number of nitrogens with one attached hydrogen (secondary N) is 2. The summed E-state index contributed by atoms with van der Waals surface area (Å²) in [5, 5.41) is 3.42. The highest BCUT2D eigenvalue weighted by atomic mass is 16.2. The lowest BCUT2D eigenvalue weighted by molar-refractivity contribution is 0.673. The second-order valence-corrected chi connectivity index (χ2v) is 9.20. The Morgan fingerprint density at radius 2 is 1.74 bits per heavy atom. The lowest BCUT2D eigenvalue weighted by Crippen LogP contribution is -2.29. The average molecular weight is 481 g/mol. The molecule has 35 heavy (non-hydrogen) atoms. The number of fused-ring (bicyclic) bond motifs is 1. The van der Waals surface area contributed by atoms with Crippen molar-refractivity contribution in [2.75, 3.05) is 18.4 Å². The first kappa shape index (κ1) is 26.4. The summed E-state index contributed by atoms with van der Waals surface area (Å²) < 4.78 is 3.27. The predicted octanol–water partition coefficient (Wildman–Crippen LogP) is 4.79. The molecular formula is C27H40N6O2. The molecule has 2 heterocycles. The van der Waals surface area contributed by atoms with Gasteiger partial charge in [0.25, 0.3) is 5.56 Å². The monoisotopic (exact) mass is 480 g/mol. The van der Waals surface area contributed by atoms with Crippen LogP contribution in [0.4, 0.5) is 5.95 Å². The van der Waals surface area contributed by atoms with Crippen LogP contribution >= 0.6 is 0 Å². The maximum absolute atomic E-state index is 12.9. The van der Waals surface area contributed by atoms with Gasteiger partial charge in [-0.1, -0.05) is 76.6 Å². The Kier molecular flexibility index (Phi) is 9.87. The third-order valence-electron chi connectivity index (χ3n) is 6.40. The highest BCUT2D eigenvalue weighted by molar-refractivity contribution is 6.02. The first-order chi connectivity index (χ1) is 17.0. The van der Waals surface area contributed by atoms with E-state index in [1.165, 1.54) is 30.3 Å². The first-order valence-electron chi connectivity index (χ1n) is 13.0. The fourth-order valence-corrected chi connectivity index (χ4v) is 4.29. The van der Waals surface area contributed by atoms with Crippen LogP contribution in [0.2, 0.25) is 0 Å². The maximum Gasteiger partial charge on any atom is 0.329 e. The van der Waals surface area contributed by atoms with Gasteiger partial charge in [-0.05, 0) is 25.3 Å². The van der Waals surface area contributed by atoms with Crippen LogP contribution in [0.5, 0.6) is 0 Å². The lowest BCUT2D eigenvalue weighted by Gasteiger charge is -2.15. The van der Waals surface area contributed by atoms with E-state index < -0.39 is 11.2 Å². The van der Waals surface area contributed by atoms with E-state index in [-0.39, 0.29) is 0 Å². The van der Waals surface area contributed by atoms with Crippen molar-refractivity contribution in [3.63, 3.8) is 0 Å². The summed E-state index contributed by atoms with van der Waals surface area (Å²) in [5.74, 6) is 0.593. The zero-order valence-corrected chi connectivity index (χ0v) is 21.7. The van der Waals surface area contributed by atoms with Crippen molar-refractivity contribution in [2.45, 2.75) is 78.7 Å². The quantitative estimate of drug-likeness (QED) is 0.256. The number of unbranched alkanes of at least 4 members (excludes halogenated alkanes) is 6. The number of rotatable bonds is 14. The molecule has 0 amide bonds. The molecule has 0 aliphatic heterocycles. The zero-order chi connectivity index (χ0) is 25.2. The lowest BCUT2D eigenvalue weighted by atomic mass is 10.0. The molecule has 0 aliphatic carbocycles. The molecule has 0 saturated heterocycles. The van der Waals surface area contributed by atoms with Crippen molar-refractivity contribution in [1.29, 1.82) is 0 Å². The Hall–Kier alpha value is -3.16. The van der Waals surface area contributed by atoms with Crippen LogP contribution in [0.25, 0.3) is 11.2 Å². The number of anilines is 1. The minimum absolute atomic E-state index is 0.377. The topological polar surface area (TPSA) is 97.1 Å². The second kappa shape index (κ2) is 13.1. The van der Waals surface area contributed by atoms with Crippen molar-refractivity contribution < 1.29 is 0 Å². The molecule has 0 aliphatic rings. The maximum atomic E-state index is 12.9. The van der Waals surface area contributed by atoms with Gasteiger partial charge in [0, 0.05) is 25.7 Å². The number of benzene rings is 1. The summed E-state index contributed by atoms with van der Waals surface area (Å²) in [6, 6.07) is 8.20. The largest absolute Gasteiger partial charge is 0.356 e. The Bertz CT molecular complexity index is 1250. The second-order valence-electron chi connectivity index (χ2n) is 9.20. The predicted molar refractivity (Wildman–Crippen MR) is 145 cm³/mol. The molecule has 2 N–H and O–H groups in total. The highest BCUT2D eigenvalue weighted by Gasteiger charge is 2.19. The van der Waals surface area contributed by atoms with Gasteiger partial charge in [0.05, 0.1) is 12.3 Å². The number of hydrogen-bond acceptors (Lipinski definition) is 5. The van der Waals surface area contributed by atoms with E-state index in [0.29, 0.717) is 23.7 Å². The van der Waals surface area contributed by atoms with Gasteiger partial charge < -0.3 is 5.32 Å². The average Bonchev–Trinajstić information content (AvgIpc) is 3.20. The van der Waals surface area contributed by atoms with Crippen molar-refractivity contribution in [1.82, 2.24) is 19.1 Å². The van der Waals surface area contributed by atoms with Gasteiger partial charge in [-0.25, -0.2) is 4.79 Å². The zero-order valence-electron chi connectivity index (χ0n) is 21.7. The van der Waals surface area contributed by atoms with Gasteiger partial charge in [0.15, 0.2) is 11.2 Å². The van der Waals surface area contributed by atoms with Crippen molar-refractivity contribution >= 4 is 22.8 Å². The number of aromatic nitrogens is 4. The molecule has 0 atom stereocenters. The van der Waals surface area contributed by atoms with Crippen molar-refractivity contribution in [3.05, 3.63) is 56.2 Å². The Morgan fingerprint density at radius 1 is 1.03 bits per heavy atom. The number of H-pyrrole nitrogens is 1. The van der Waals surface area contributed by atoms with Gasteiger partial charge in [-0.3, -0.25) is 23.9 Å². The van der Waals surface area contributed by atoms with Gasteiger partial charge in [-0.15, -0.1) is 0 Å². The fraction of sp³-hybridized carbons (Fsp3) is 0.556. The summed E-state index contributed by atoms with van der Waals surface area (Å²) in [7, 11) is 1.63. The van der Waals surface area contributed by atoms with E-state index in [0.717, 1.165) is 55.6 Å². The molecule has 1 aromatic carbocycles. The number of nitrogens with zero attached hydrogens (tertiary/aromatic N) is 4. The number of hydrogen-bond donors (Lipinski definition) is 2. The molecule has 8 nitrogen and oxygen atoms in total. The third kappa shape index (κ3) is 6.71. The van der Waals surface area contributed by atoms with E-state index in [1.54, 1.807) is 7.05 Å². The van der Waals surface area contributed by atoms with E-state index in [9.17, 15) is 9.59 Å². The molecule has 0 radical (unpaired) electrons. The van der Waals surface area contributed by atoms with Crippen molar-refractivity contribution in [3.8, 4) is 0 Å². The number of imidazole rings is 1. The van der Waals surface area contributed by atoms with Crippen LogP contribution in [0.1, 0.15) is 76.3 Å². The van der Waals surface area contributed by atoms with Crippen LogP contribution in [-0.2, 0) is 13.6 Å². The molecular weight excluding hydrogens is 440 g/mol. The van der Waals surface area contributed by atoms with E-state index in [4.69, 9.17) is 4.99 Å². The van der Waals surface area contributed by atoms with Crippen molar-refractivity contribution in [2.24, 2.45) is 12.0 Å². The summed E-state index contributed by atoms with van der Waals surface area (Å²) in [5.41, 5.74) is 2.99. The smallest absolute Gasteiger partial charge is 0.329 e. The summed E-state index contributed by atoms with van der Waals surface area (Å²) in [6.07, 6.45) is 9.09. The first-order valence-corrected chi connectivity index (χ1v) is 13.0. The normalized spacial score (nSPS) is 11.9. The van der Waals surface area contributed by atoms with Crippen LogP contribution in [0.15, 0.2) is 38.8 Å². The Balaban J connectivity index is 2.02. The number of aliphatic imine (C=N–C) groups is 1. The van der Waals surface area contributed by atoms with E-state index >= 15 is 0 Å². The molecule has 0 fully saturated rings. The molecule has 2 aromatic heterocycles.